The number of nitrogens with one attached hydrogen (secondary N) is 1. The molecule has 0 saturated carbocycles. The van der Waals surface area contributed by atoms with Crippen molar-refractivity contribution in [3.63, 3.8) is 0 Å². The molecule has 0 bridgehead atoms. The van der Waals surface area contributed by atoms with Crippen LogP contribution in [0.5, 0.6) is 0 Å². The Morgan fingerprint density at radius 3 is 2.57 bits per heavy atom. The smallest absolute Gasteiger partial charge is 0.371 e. The van der Waals surface area contributed by atoms with E-state index in [1.807, 2.05) is 0 Å². The van der Waals surface area contributed by atoms with Crippen molar-refractivity contribution < 1.29 is 27.7 Å². The van der Waals surface area contributed by atoms with Crippen molar-refractivity contribution in [3.05, 3.63) is 52.3 Å². The van der Waals surface area contributed by atoms with Crippen molar-refractivity contribution in [1.29, 1.82) is 0 Å². The molecule has 9 nitrogen and oxygen atoms in total. The van der Waals surface area contributed by atoms with Gasteiger partial charge in [0.25, 0.3) is 15.7 Å². The standard InChI is InChI=1S/C11H8N2O7S/c14-11(15)9-4-5-10(20-9)21(18,19)12-7-2-1-3-8(6-7)13(16)17/h1-6,12H,(H,14,15). The second-order valence-corrected chi connectivity index (χ2v) is 5.45. The van der Waals surface area contributed by atoms with Gasteiger partial charge in [-0.15, -0.1) is 0 Å². The van der Waals surface area contributed by atoms with Crippen LogP contribution in [0.25, 0.3) is 0 Å². The van der Waals surface area contributed by atoms with Gasteiger partial charge in [-0.3, -0.25) is 14.8 Å². The van der Waals surface area contributed by atoms with E-state index in [-0.39, 0.29) is 11.4 Å². The maximum Gasteiger partial charge on any atom is 0.371 e. The predicted molar refractivity (Wildman–Crippen MR) is 69.6 cm³/mol. The maximum atomic E-state index is 12.0. The number of aromatic carboxylic acids is 1. The van der Waals surface area contributed by atoms with E-state index in [0.29, 0.717) is 0 Å². The van der Waals surface area contributed by atoms with Crippen LogP contribution in [0.3, 0.4) is 0 Å². The minimum atomic E-state index is -4.17. The number of rotatable bonds is 5. The fourth-order valence-corrected chi connectivity index (χ4v) is 2.45. The van der Waals surface area contributed by atoms with Crippen molar-refractivity contribution >= 4 is 27.4 Å². The molecular formula is C11H8N2O7S. The molecule has 0 aliphatic rings. The van der Waals surface area contributed by atoms with E-state index in [0.717, 1.165) is 18.2 Å². The van der Waals surface area contributed by atoms with Crippen LogP contribution < -0.4 is 4.72 Å². The van der Waals surface area contributed by atoms with Gasteiger partial charge in [-0.1, -0.05) is 6.07 Å². The maximum absolute atomic E-state index is 12.0. The van der Waals surface area contributed by atoms with Crippen LogP contribution in [-0.4, -0.2) is 24.4 Å². The van der Waals surface area contributed by atoms with Crippen LogP contribution in [0.1, 0.15) is 10.6 Å². The fourth-order valence-electron chi connectivity index (χ4n) is 1.47. The van der Waals surface area contributed by atoms with Gasteiger partial charge in [0.1, 0.15) is 0 Å². The number of hydrogen-bond acceptors (Lipinski definition) is 6. The van der Waals surface area contributed by atoms with Crippen molar-refractivity contribution in [1.82, 2.24) is 0 Å². The quantitative estimate of drug-likeness (QED) is 0.632. The molecule has 2 aromatic rings. The van der Waals surface area contributed by atoms with Crippen molar-refractivity contribution in [2.45, 2.75) is 5.09 Å². The largest absolute Gasteiger partial charge is 0.475 e. The van der Waals surface area contributed by atoms with Crippen molar-refractivity contribution in [2.75, 3.05) is 4.72 Å². The van der Waals surface area contributed by atoms with Gasteiger partial charge in [-0.25, -0.2) is 4.79 Å². The summed E-state index contributed by atoms with van der Waals surface area (Å²) in [7, 11) is -4.17. The summed E-state index contributed by atoms with van der Waals surface area (Å²) in [4.78, 5) is 20.6. The van der Waals surface area contributed by atoms with E-state index < -0.39 is 31.8 Å². The second kappa shape index (κ2) is 5.25. The number of carboxylic acids is 1. The van der Waals surface area contributed by atoms with Crippen LogP contribution in [-0.2, 0) is 10.0 Å². The minimum absolute atomic E-state index is 0.0440. The van der Waals surface area contributed by atoms with Gasteiger partial charge in [0, 0.05) is 12.1 Å². The number of nitro groups is 1. The molecule has 0 fully saturated rings. The highest BCUT2D eigenvalue weighted by atomic mass is 32.2. The van der Waals surface area contributed by atoms with E-state index >= 15 is 0 Å². The first-order valence-electron chi connectivity index (χ1n) is 5.40. The third-order valence-electron chi connectivity index (χ3n) is 2.37. The number of non-ortho nitro benzene ring substituents is 1. The molecule has 2 rings (SSSR count). The first-order chi connectivity index (χ1) is 9.79. The molecule has 0 saturated heterocycles. The van der Waals surface area contributed by atoms with Crippen LogP contribution in [0.15, 0.2) is 45.9 Å². The third-order valence-corrected chi connectivity index (χ3v) is 3.62. The molecule has 1 aromatic carbocycles. The molecule has 0 aliphatic carbocycles. The molecule has 1 aromatic heterocycles. The van der Waals surface area contributed by atoms with E-state index in [2.05, 4.69) is 9.14 Å². The lowest BCUT2D eigenvalue weighted by atomic mass is 10.3. The number of carbonyl (C=O) groups is 1. The summed E-state index contributed by atoms with van der Waals surface area (Å²) in [5.41, 5.74) is -0.335. The number of carboxylic acid groups (broad SMARTS) is 1. The summed E-state index contributed by atoms with van der Waals surface area (Å²) >= 11 is 0. The Morgan fingerprint density at radius 2 is 2.00 bits per heavy atom. The number of furan rings is 1. The Labute approximate surface area is 118 Å². The number of anilines is 1. The molecule has 0 spiro atoms. The highest BCUT2D eigenvalue weighted by molar-refractivity contribution is 7.92. The van der Waals surface area contributed by atoms with Crippen LogP contribution >= 0.6 is 0 Å². The lowest BCUT2D eigenvalue weighted by molar-refractivity contribution is -0.384. The fraction of sp³-hybridized carbons (Fsp3) is 0. The van der Waals surface area contributed by atoms with Crippen LogP contribution in [0, 0.1) is 10.1 Å². The van der Waals surface area contributed by atoms with E-state index in [1.165, 1.54) is 18.2 Å². The molecule has 10 heteroatoms. The Kier molecular flexibility index (Phi) is 3.63. The molecule has 2 N–H and O–H groups in total. The van der Waals surface area contributed by atoms with Crippen LogP contribution in [0.4, 0.5) is 11.4 Å². The van der Waals surface area contributed by atoms with Gasteiger partial charge in [-0.05, 0) is 18.2 Å². The first kappa shape index (κ1) is 14.5. The molecule has 0 unspecified atom stereocenters. The zero-order valence-electron chi connectivity index (χ0n) is 10.2. The summed E-state index contributed by atoms with van der Waals surface area (Å²) in [6.45, 7) is 0. The molecule has 110 valence electrons. The summed E-state index contributed by atoms with van der Waals surface area (Å²) in [6, 6.07) is 6.81. The number of nitrogens with zero attached hydrogens (tertiary/aromatic N) is 1. The molecular weight excluding hydrogens is 304 g/mol. The zero-order chi connectivity index (χ0) is 15.6. The average Bonchev–Trinajstić information content (AvgIpc) is 2.89. The topological polar surface area (TPSA) is 140 Å². The Balaban J connectivity index is 2.30. The molecule has 21 heavy (non-hydrogen) atoms. The number of sulfonamides is 1. The van der Waals surface area contributed by atoms with Crippen LogP contribution in [0.2, 0.25) is 0 Å². The summed E-state index contributed by atoms with van der Waals surface area (Å²) in [5, 5.41) is 18.7. The van der Waals surface area contributed by atoms with Crippen molar-refractivity contribution in [2.24, 2.45) is 0 Å². The highest BCUT2D eigenvalue weighted by Crippen LogP contribution is 2.21. The highest BCUT2D eigenvalue weighted by Gasteiger charge is 2.21. The normalized spacial score (nSPS) is 11.0. The van der Waals surface area contributed by atoms with Crippen molar-refractivity contribution in [3.8, 4) is 0 Å². The van der Waals surface area contributed by atoms with E-state index in [9.17, 15) is 23.3 Å². The Hall–Kier alpha value is -2.88. The first-order valence-corrected chi connectivity index (χ1v) is 6.88. The Bertz CT molecular complexity index is 809. The van der Waals surface area contributed by atoms with E-state index in [1.54, 1.807) is 0 Å². The molecule has 0 amide bonds. The lowest BCUT2D eigenvalue weighted by Crippen LogP contribution is -2.12. The van der Waals surface area contributed by atoms with E-state index in [4.69, 9.17) is 5.11 Å². The van der Waals surface area contributed by atoms with Gasteiger partial charge in [0.15, 0.2) is 0 Å². The Morgan fingerprint density at radius 1 is 1.29 bits per heavy atom. The number of benzene rings is 1. The van der Waals surface area contributed by atoms with Gasteiger partial charge < -0.3 is 9.52 Å². The van der Waals surface area contributed by atoms with Gasteiger partial charge in [-0.2, -0.15) is 8.42 Å². The average molecular weight is 312 g/mol. The molecule has 0 radical (unpaired) electrons. The van der Waals surface area contributed by atoms with Gasteiger partial charge >= 0.3 is 5.97 Å². The zero-order valence-corrected chi connectivity index (χ0v) is 11.0. The van der Waals surface area contributed by atoms with Gasteiger partial charge in [0.2, 0.25) is 10.9 Å². The predicted octanol–water partition coefficient (Wildman–Crippen LogP) is 1.69. The molecule has 0 atom stereocenters. The summed E-state index contributed by atoms with van der Waals surface area (Å²) in [5.74, 6) is -1.94. The monoisotopic (exact) mass is 312 g/mol. The third kappa shape index (κ3) is 3.17. The summed E-state index contributed by atoms with van der Waals surface area (Å²) in [6.07, 6.45) is 0. The molecule has 1 heterocycles. The SMILES string of the molecule is O=C(O)c1ccc(S(=O)(=O)Nc2cccc([N+](=O)[O-])c2)o1. The number of nitro benzene ring substituents is 1. The number of hydrogen-bond donors (Lipinski definition) is 2. The lowest BCUT2D eigenvalue weighted by Gasteiger charge is -2.05. The van der Waals surface area contributed by atoms with Gasteiger partial charge in [0.05, 0.1) is 10.6 Å². The summed E-state index contributed by atoms with van der Waals surface area (Å²) < 4.78 is 30.6. The second-order valence-electron chi connectivity index (χ2n) is 3.84. The molecule has 0 aliphatic heterocycles. The minimum Gasteiger partial charge on any atom is -0.475 e.